The molecule has 11 heteroatoms. The molecule has 0 aliphatic heterocycles. The Kier molecular flexibility index (Phi) is 15.1. The van der Waals surface area contributed by atoms with Gasteiger partial charge in [-0.05, 0) is 24.1 Å². The second kappa shape index (κ2) is 17.1. The fourth-order valence-corrected chi connectivity index (χ4v) is 3.53. The molecule has 0 aromatic heterocycles. The van der Waals surface area contributed by atoms with Gasteiger partial charge in [-0.25, -0.2) is 4.74 Å². The van der Waals surface area contributed by atoms with E-state index in [1.165, 1.54) is 12.6 Å². The van der Waals surface area contributed by atoms with Crippen LogP contribution in [0.2, 0.25) is 0 Å². The number of hydrogen-bond acceptors (Lipinski definition) is 8. The number of carbonyl (C=O) groups is 2. The molecule has 0 spiro atoms. The van der Waals surface area contributed by atoms with Crippen molar-refractivity contribution in [2.24, 2.45) is 0 Å². The summed E-state index contributed by atoms with van der Waals surface area (Å²) >= 11 is 0. The van der Waals surface area contributed by atoms with Gasteiger partial charge in [-0.3, -0.25) is 9.59 Å². The van der Waals surface area contributed by atoms with Crippen molar-refractivity contribution in [2.75, 3.05) is 13.2 Å². The molecule has 1 rings (SSSR count). The lowest BCUT2D eigenvalue weighted by Gasteiger charge is -2.24. The van der Waals surface area contributed by atoms with Crippen molar-refractivity contribution in [3.8, 4) is 0 Å². The summed E-state index contributed by atoms with van der Waals surface area (Å²) in [5.41, 5.74) is 0.440. The summed E-state index contributed by atoms with van der Waals surface area (Å²) in [4.78, 5) is 24.2. The molecule has 11 nitrogen and oxygen atoms in total. The fourth-order valence-electron chi connectivity index (χ4n) is 3.53. The molecule has 7 N–H and O–H groups in total. The highest BCUT2D eigenvalue weighted by Crippen LogP contribution is 2.11. The number of hydrogen-bond donors (Lipinski definition) is 7. The van der Waals surface area contributed by atoms with E-state index in [1.807, 2.05) is 0 Å². The molecule has 1 aromatic carbocycles. The van der Waals surface area contributed by atoms with Gasteiger partial charge in [-0.2, -0.15) is 0 Å². The van der Waals surface area contributed by atoms with E-state index in [1.54, 1.807) is 38.1 Å². The Bertz CT molecular complexity index is 876. The molecular formula is C27H45N3O8. The fraction of sp³-hybridized carbons (Fsp3) is 0.667. The van der Waals surface area contributed by atoms with E-state index in [9.17, 15) is 35.2 Å². The number of aliphatic hydroxyl groups excluding tert-OH is 5. The Morgan fingerprint density at radius 3 is 2.21 bits per heavy atom. The highest BCUT2D eigenvalue weighted by Gasteiger charge is 2.29. The quantitative estimate of drug-likeness (QED) is 0.0457. The summed E-state index contributed by atoms with van der Waals surface area (Å²) in [6.45, 7) is 5.15. The van der Waals surface area contributed by atoms with E-state index >= 15 is 0 Å². The van der Waals surface area contributed by atoms with Crippen LogP contribution in [0.5, 0.6) is 0 Å². The molecule has 3 unspecified atom stereocenters. The van der Waals surface area contributed by atoms with Crippen molar-refractivity contribution >= 4 is 18.0 Å². The highest BCUT2D eigenvalue weighted by molar-refractivity contribution is 5.81. The SMILES string of the molecule is CCCCCCCC(=O)NCC(C)(C)/[N+]([O-])=C/c1ccc(CNC(=O)C(O)[C@H](O)CC(O)C(O)CO)cc1. The van der Waals surface area contributed by atoms with Gasteiger partial charge in [0.2, 0.25) is 5.91 Å². The molecule has 0 aliphatic carbocycles. The van der Waals surface area contributed by atoms with Crippen LogP contribution in [0.15, 0.2) is 24.3 Å². The molecule has 0 saturated carbocycles. The van der Waals surface area contributed by atoms with Crippen molar-refractivity contribution in [2.45, 2.75) is 102 Å². The first-order valence-corrected chi connectivity index (χ1v) is 13.2. The zero-order chi connectivity index (χ0) is 28.7. The zero-order valence-corrected chi connectivity index (χ0v) is 22.7. The Balaban J connectivity index is 2.55. The van der Waals surface area contributed by atoms with Crippen LogP contribution in [0.25, 0.3) is 0 Å². The third kappa shape index (κ3) is 12.3. The number of nitrogens with one attached hydrogen (secondary N) is 2. The topological polar surface area (TPSA) is 185 Å². The summed E-state index contributed by atoms with van der Waals surface area (Å²) in [5.74, 6) is -0.930. The van der Waals surface area contributed by atoms with Crippen LogP contribution >= 0.6 is 0 Å². The molecule has 0 fully saturated rings. The molecule has 2 amide bonds. The van der Waals surface area contributed by atoms with Crippen molar-refractivity contribution in [3.63, 3.8) is 0 Å². The van der Waals surface area contributed by atoms with Gasteiger partial charge in [0.1, 0.15) is 6.10 Å². The van der Waals surface area contributed by atoms with Crippen LogP contribution in [-0.4, -0.2) is 91.4 Å². The number of carbonyl (C=O) groups excluding carboxylic acids is 2. The number of unbranched alkanes of at least 4 members (excludes halogenated alkanes) is 4. The number of amides is 2. The van der Waals surface area contributed by atoms with E-state index in [2.05, 4.69) is 17.6 Å². The number of benzene rings is 1. The Hall–Kier alpha value is -2.57. The molecule has 0 radical (unpaired) electrons. The van der Waals surface area contributed by atoms with Crippen molar-refractivity contribution < 1.29 is 39.9 Å². The van der Waals surface area contributed by atoms with Crippen LogP contribution in [0.4, 0.5) is 0 Å². The van der Waals surface area contributed by atoms with Gasteiger partial charge in [0.05, 0.1) is 25.4 Å². The van der Waals surface area contributed by atoms with Crippen molar-refractivity contribution in [1.29, 1.82) is 0 Å². The van der Waals surface area contributed by atoms with Crippen LogP contribution in [-0.2, 0) is 16.1 Å². The van der Waals surface area contributed by atoms with Gasteiger partial charge in [0.25, 0.3) is 5.91 Å². The van der Waals surface area contributed by atoms with Gasteiger partial charge in [-0.1, -0.05) is 44.7 Å². The Labute approximate surface area is 224 Å². The predicted octanol–water partition coefficient (Wildman–Crippen LogP) is 0.313. The summed E-state index contributed by atoms with van der Waals surface area (Å²) in [5, 5.41) is 65.6. The first kappa shape index (κ1) is 33.5. The van der Waals surface area contributed by atoms with Crippen molar-refractivity contribution in [1.82, 2.24) is 10.6 Å². The maximum atomic E-state index is 12.7. The number of hydroxylamine groups is 1. The standard InChI is InChI=1S/C27H45N3O8/c1-4-5-6-7-8-9-24(35)29-18-27(2,3)30(38)16-20-12-10-19(11-13-20)15-28-26(37)25(36)22(33)14-21(32)23(34)17-31/h10-13,16,21-23,25,31-34,36H,4-9,14-15,17-18H2,1-3H3,(H,28,37)(H,29,35)/b30-16-/t21?,22-,23?,25?/m1/s1. The maximum Gasteiger partial charge on any atom is 0.251 e. The van der Waals surface area contributed by atoms with E-state index in [4.69, 9.17) is 5.11 Å². The van der Waals surface area contributed by atoms with Crippen molar-refractivity contribution in [3.05, 3.63) is 40.6 Å². The molecule has 0 aliphatic rings. The molecule has 4 atom stereocenters. The summed E-state index contributed by atoms with van der Waals surface area (Å²) in [6, 6.07) is 6.76. The average Bonchev–Trinajstić information content (AvgIpc) is 2.90. The molecule has 1 aromatic rings. The average molecular weight is 540 g/mol. The van der Waals surface area contributed by atoms with Gasteiger partial charge < -0.3 is 41.4 Å². The number of aliphatic hydroxyl groups is 5. The molecule has 38 heavy (non-hydrogen) atoms. The third-order valence-corrected chi connectivity index (χ3v) is 6.28. The third-order valence-electron chi connectivity index (χ3n) is 6.28. The minimum absolute atomic E-state index is 0.0434. The van der Waals surface area contributed by atoms with Gasteiger partial charge >= 0.3 is 0 Å². The Morgan fingerprint density at radius 2 is 1.61 bits per heavy atom. The highest BCUT2D eigenvalue weighted by atomic mass is 16.5. The lowest BCUT2D eigenvalue weighted by molar-refractivity contribution is -0.533. The summed E-state index contributed by atoms with van der Waals surface area (Å²) < 4.78 is 0.797. The zero-order valence-electron chi connectivity index (χ0n) is 22.7. The molecular weight excluding hydrogens is 494 g/mol. The normalized spacial score (nSPS) is 15.4. The van der Waals surface area contributed by atoms with Crippen LogP contribution in [0, 0.1) is 5.21 Å². The molecule has 0 saturated heterocycles. The number of rotatable bonds is 18. The second-order valence-corrected chi connectivity index (χ2v) is 10.2. The van der Waals surface area contributed by atoms with E-state index in [0.29, 0.717) is 17.5 Å². The first-order valence-electron chi connectivity index (χ1n) is 13.2. The van der Waals surface area contributed by atoms with E-state index in [0.717, 1.165) is 30.4 Å². The molecule has 216 valence electrons. The lowest BCUT2D eigenvalue weighted by atomic mass is 10.0. The van der Waals surface area contributed by atoms with Crippen LogP contribution in [0.3, 0.4) is 0 Å². The van der Waals surface area contributed by atoms with Gasteiger partial charge in [0.15, 0.2) is 17.9 Å². The predicted molar refractivity (Wildman–Crippen MR) is 143 cm³/mol. The second-order valence-electron chi connectivity index (χ2n) is 10.2. The smallest absolute Gasteiger partial charge is 0.251 e. The number of nitrogens with zero attached hydrogens (tertiary/aromatic N) is 1. The minimum atomic E-state index is -1.83. The van der Waals surface area contributed by atoms with Crippen LogP contribution < -0.4 is 10.6 Å². The first-order chi connectivity index (χ1) is 17.9. The largest absolute Gasteiger partial charge is 0.623 e. The van der Waals surface area contributed by atoms with E-state index < -0.39 is 48.9 Å². The summed E-state index contributed by atoms with van der Waals surface area (Å²) in [6.07, 6.45) is 0.226. The monoisotopic (exact) mass is 539 g/mol. The summed E-state index contributed by atoms with van der Waals surface area (Å²) in [7, 11) is 0. The van der Waals surface area contributed by atoms with Crippen LogP contribution in [0.1, 0.15) is 76.8 Å². The van der Waals surface area contributed by atoms with E-state index in [-0.39, 0.29) is 19.0 Å². The van der Waals surface area contributed by atoms with Gasteiger partial charge in [-0.15, -0.1) is 0 Å². The molecule has 0 bridgehead atoms. The lowest BCUT2D eigenvalue weighted by Crippen LogP contribution is -2.45. The molecule has 0 heterocycles. The van der Waals surface area contributed by atoms with Gasteiger partial charge in [0, 0.05) is 38.8 Å². The minimum Gasteiger partial charge on any atom is -0.623 e. The maximum absolute atomic E-state index is 12.7. The Morgan fingerprint density at radius 1 is 0.974 bits per heavy atom.